The molecule has 214 valence electrons. The van der Waals surface area contributed by atoms with Gasteiger partial charge < -0.3 is 18.6 Å². The molecule has 2 aromatic heterocycles. The van der Waals surface area contributed by atoms with Crippen LogP contribution >= 0.6 is 23.2 Å². The van der Waals surface area contributed by atoms with Crippen LogP contribution in [-0.2, 0) is 0 Å². The maximum absolute atomic E-state index is 7.41. The highest BCUT2D eigenvalue weighted by molar-refractivity contribution is 6.38. The van der Waals surface area contributed by atoms with Gasteiger partial charge in [-0.25, -0.2) is 0 Å². The first kappa shape index (κ1) is 27.7. The highest BCUT2D eigenvalue weighted by atomic mass is 35.5. The van der Waals surface area contributed by atoms with Crippen LogP contribution in [0.2, 0.25) is 10.0 Å². The molecule has 0 unspecified atom stereocenters. The second-order valence-corrected chi connectivity index (χ2v) is 11.0. The molecular formula is C38H26Cl2N2O2. The van der Waals surface area contributed by atoms with Crippen LogP contribution in [0.3, 0.4) is 0 Å². The molecule has 0 N–H and O–H groups in total. The van der Waals surface area contributed by atoms with Crippen molar-refractivity contribution in [2.24, 2.45) is 0 Å². The van der Waals surface area contributed by atoms with Gasteiger partial charge in [-0.2, -0.15) is 0 Å². The van der Waals surface area contributed by atoms with E-state index in [9.17, 15) is 0 Å². The molecule has 44 heavy (non-hydrogen) atoms. The van der Waals surface area contributed by atoms with Crippen LogP contribution in [-0.4, -0.2) is 0 Å². The number of nitrogens with zero attached hydrogens (tertiary/aromatic N) is 2. The molecule has 2 heterocycles. The number of furan rings is 2. The zero-order chi connectivity index (χ0) is 29.9. The van der Waals surface area contributed by atoms with Gasteiger partial charge in [0, 0.05) is 39.7 Å². The molecule has 0 aliphatic heterocycles. The molecule has 0 radical (unpaired) electrons. The van der Waals surface area contributed by atoms with E-state index in [0.717, 1.165) is 45.4 Å². The van der Waals surface area contributed by atoms with Gasteiger partial charge in [-0.1, -0.05) is 120 Å². The van der Waals surface area contributed by atoms with Crippen molar-refractivity contribution in [1.82, 2.24) is 0 Å². The van der Waals surface area contributed by atoms with Crippen LogP contribution < -0.4 is 9.80 Å². The average molecular weight is 614 g/mol. The van der Waals surface area contributed by atoms with E-state index in [1.807, 2.05) is 146 Å². The molecule has 0 saturated carbocycles. The zero-order valence-corrected chi connectivity index (χ0v) is 25.0. The Hall–Kier alpha value is -5.16. The summed E-state index contributed by atoms with van der Waals surface area (Å²) in [6.07, 6.45) is 3.48. The van der Waals surface area contributed by atoms with Crippen LogP contribution in [0.1, 0.15) is 0 Å². The van der Waals surface area contributed by atoms with Gasteiger partial charge in [-0.3, -0.25) is 0 Å². The number of hydrogen-bond donors (Lipinski definition) is 0. The minimum atomic E-state index is 0.507. The number of rotatable bonds is 8. The Morgan fingerprint density at radius 1 is 0.409 bits per heavy atom. The van der Waals surface area contributed by atoms with Crippen LogP contribution in [0.15, 0.2) is 167 Å². The minimum absolute atomic E-state index is 0.507. The Morgan fingerprint density at radius 3 is 1.16 bits per heavy atom. The molecular weight excluding hydrogens is 587 g/mol. The fraction of sp³-hybridized carbons (Fsp3) is 0. The van der Waals surface area contributed by atoms with E-state index in [1.54, 1.807) is 12.5 Å². The molecule has 0 saturated heterocycles. The fourth-order valence-corrected chi connectivity index (χ4v) is 5.77. The summed E-state index contributed by atoms with van der Waals surface area (Å²) >= 11 is 14.3. The zero-order valence-electron chi connectivity index (χ0n) is 23.5. The normalized spacial score (nSPS) is 11.0. The lowest BCUT2D eigenvalue weighted by Crippen LogP contribution is -2.14. The second-order valence-electron chi connectivity index (χ2n) is 10.2. The smallest absolute Gasteiger partial charge is 0.136 e. The fourth-order valence-electron chi connectivity index (χ4n) is 5.29. The summed E-state index contributed by atoms with van der Waals surface area (Å²) in [5, 5.41) is 1.03. The standard InChI is InChI=1S/C38H26Cl2N2O2/c39-29-21-34(41(30-17-9-3-10-18-30)32-23-36(43-25-32)27-13-5-1-6-14-27)38(40)35(22-29)42(31-19-11-4-12-20-31)33-24-37(44-26-33)28-15-7-2-8-16-28/h1-26H. The van der Waals surface area contributed by atoms with Gasteiger partial charge in [0.15, 0.2) is 0 Å². The quantitative estimate of drug-likeness (QED) is 0.171. The monoisotopic (exact) mass is 612 g/mol. The van der Waals surface area contributed by atoms with Crippen molar-refractivity contribution in [2.75, 3.05) is 9.80 Å². The second kappa shape index (κ2) is 12.2. The number of benzene rings is 5. The summed E-state index contributed by atoms with van der Waals surface area (Å²) in [4.78, 5) is 4.11. The largest absolute Gasteiger partial charge is 0.462 e. The van der Waals surface area contributed by atoms with Gasteiger partial charge in [0.25, 0.3) is 0 Å². The minimum Gasteiger partial charge on any atom is -0.462 e. The van der Waals surface area contributed by atoms with Gasteiger partial charge in [-0.15, -0.1) is 0 Å². The molecule has 5 aromatic carbocycles. The molecule has 0 aliphatic carbocycles. The Morgan fingerprint density at radius 2 is 0.773 bits per heavy atom. The number of para-hydroxylation sites is 2. The molecule has 0 amide bonds. The predicted molar refractivity (Wildman–Crippen MR) is 181 cm³/mol. The lowest BCUT2D eigenvalue weighted by atomic mass is 10.1. The third-order valence-electron chi connectivity index (χ3n) is 7.31. The van der Waals surface area contributed by atoms with Crippen LogP contribution in [0.25, 0.3) is 22.6 Å². The molecule has 6 heteroatoms. The van der Waals surface area contributed by atoms with Crippen molar-refractivity contribution >= 4 is 57.3 Å². The third kappa shape index (κ3) is 5.49. The Kier molecular flexibility index (Phi) is 7.68. The molecule has 0 bridgehead atoms. The van der Waals surface area contributed by atoms with Crippen molar-refractivity contribution in [2.45, 2.75) is 0 Å². The van der Waals surface area contributed by atoms with E-state index >= 15 is 0 Å². The first-order chi connectivity index (χ1) is 21.7. The Balaban J connectivity index is 1.39. The van der Waals surface area contributed by atoms with Crippen molar-refractivity contribution in [1.29, 1.82) is 0 Å². The van der Waals surface area contributed by atoms with Crippen LogP contribution in [0.5, 0.6) is 0 Å². The summed E-state index contributed by atoms with van der Waals surface area (Å²) in [7, 11) is 0. The Labute approximate surface area is 265 Å². The number of halogens is 2. The lowest BCUT2D eigenvalue weighted by Gasteiger charge is -2.29. The van der Waals surface area contributed by atoms with E-state index in [2.05, 4.69) is 9.80 Å². The molecule has 0 fully saturated rings. The summed E-state index contributed by atoms with van der Waals surface area (Å²) in [6, 6.07) is 47.8. The lowest BCUT2D eigenvalue weighted by molar-refractivity contribution is 0.582. The molecule has 0 spiro atoms. The van der Waals surface area contributed by atoms with Gasteiger partial charge in [0.1, 0.15) is 24.0 Å². The van der Waals surface area contributed by atoms with Crippen LogP contribution in [0, 0.1) is 0 Å². The van der Waals surface area contributed by atoms with E-state index in [1.165, 1.54) is 0 Å². The van der Waals surface area contributed by atoms with Crippen molar-refractivity contribution in [3.8, 4) is 22.6 Å². The number of hydrogen-bond acceptors (Lipinski definition) is 4. The van der Waals surface area contributed by atoms with E-state index < -0.39 is 0 Å². The molecule has 0 aliphatic rings. The Bertz CT molecular complexity index is 1850. The van der Waals surface area contributed by atoms with Crippen LogP contribution in [0.4, 0.5) is 34.1 Å². The van der Waals surface area contributed by atoms with E-state index in [-0.39, 0.29) is 0 Å². The third-order valence-corrected chi connectivity index (χ3v) is 7.92. The highest BCUT2D eigenvalue weighted by Crippen LogP contribution is 2.49. The summed E-state index contributed by atoms with van der Waals surface area (Å²) in [5.41, 5.74) is 6.80. The van der Waals surface area contributed by atoms with Gasteiger partial charge in [0.2, 0.25) is 0 Å². The average Bonchev–Trinajstić information content (AvgIpc) is 3.76. The predicted octanol–water partition coefficient (Wildman–Crippen LogP) is 12.5. The first-order valence-electron chi connectivity index (χ1n) is 14.1. The molecule has 0 atom stereocenters. The first-order valence-corrected chi connectivity index (χ1v) is 14.9. The van der Waals surface area contributed by atoms with Crippen molar-refractivity contribution in [3.63, 3.8) is 0 Å². The summed E-state index contributed by atoms with van der Waals surface area (Å²) in [6.45, 7) is 0. The van der Waals surface area contributed by atoms with Gasteiger partial charge in [-0.05, 0) is 36.4 Å². The van der Waals surface area contributed by atoms with Gasteiger partial charge in [0.05, 0.1) is 27.8 Å². The molecule has 7 rings (SSSR count). The maximum atomic E-state index is 7.41. The number of anilines is 6. The van der Waals surface area contributed by atoms with Crippen molar-refractivity contribution < 1.29 is 8.83 Å². The topological polar surface area (TPSA) is 32.8 Å². The SMILES string of the molecule is Clc1cc(N(c2ccccc2)c2coc(-c3ccccc3)c2)c(Cl)c(N(c2ccccc2)c2coc(-c3ccccc3)c2)c1. The van der Waals surface area contributed by atoms with Crippen molar-refractivity contribution in [3.05, 3.63) is 168 Å². The van der Waals surface area contributed by atoms with E-state index in [4.69, 9.17) is 32.0 Å². The van der Waals surface area contributed by atoms with E-state index in [0.29, 0.717) is 21.4 Å². The molecule has 4 nitrogen and oxygen atoms in total. The summed E-state index contributed by atoms with van der Waals surface area (Å²) < 4.78 is 12.1. The summed E-state index contributed by atoms with van der Waals surface area (Å²) in [5.74, 6) is 1.50. The highest BCUT2D eigenvalue weighted by Gasteiger charge is 2.25. The van der Waals surface area contributed by atoms with Gasteiger partial charge >= 0.3 is 0 Å². The molecule has 7 aromatic rings. The maximum Gasteiger partial charge on any atom is 0.136 e.